The largest absolute Gasteiger partial charge is 0.486 e. The third kappa shape index (κ3) is 2.82. The molecule has 1 aliphatic rings. The smallest absolute Gasteiger partial charge is 0.342 e. The van der Waals surface area contributed by atoms with Crippen molar-refractivity contribution in [2.75, 3.05) is 13.1 Å². The molecule has 1 aromatic carbocycles. The molecule has 0 aliphatic carbocycles. The lowest BCUT2D eigenvalue weighted by atomic mass is 10.1. The van der Waals surface area contributed by atoms with Crippen LogP contribution in [0.25, 0.3) is 0 Å². The van der Waals surface area contributed by atoms with E-state index in [1.54, 1.807) is 0 Å². The SMILES string of the molecule is C[C@]1(Oc2ccc(C(=O)O)c([N+](=O)[O-])c2)CCNC1. The fourth-order valence-electron chi connectivity index (χ4n) is 2.07. The Morgan fingerprint density at radius 2 is 2.32 bits per heavy atom. The van der Waals surface area contributed by atoms with Gasteiger partial charge in [-0.3, -0.25) is 10.1 Å². The Labute approximate surface area is 109 Å². The van der Waals surface area contributed by atoms with Gasteiger partial charge in [0.05, 0.1) is 11.0 Å². The van der Waals surface area contributed by atoms with Crippen LogP contribution in [0.3, 0.4) is 0 Å². The van der Waals surface area contributed by atoms with Crippen molar-refractivity contribution in [2.24, 2.45) is 0 Å². The number of carboxylic acid groups (broad SMARTS) is 1. The van der Waals surface area contributed by atoms with Gasteiger partial charge in [0, 0.05) is 13.0 Å². The quantitative estimate of drug-likeness (QED) is 0.631. The standard InChI is InChI=1S/C12H14N2O5/c1-12(4-5-13-7-12)19-8-2-3-9(11(15)16)10(6-8)14(17)18/h2-3,6,13H,4-5,7H2,1H3,(H,15,16)/t12-/m0/s1. The molecule has 0 saturated carbocycles. The van der Waals surface area contributed by atoms with E-state index in [2.05, 4.69) is 5.32 Å². The monoisotopic (exact) mass is 266 g/mol. The molecule has 0 aromatic heterocycles. The predicted octanol–water partition coefficient (Wildman–Crippen LogP) is 1.42. The second-order valence-electron chi connectivity index (χ2n) is 4.72. The van der Waals surface area contributed by atoms with Gasteiger partial charge in [0.2, 0.25) is 0 Å². The summed E-state index contributed by atoms with van der Waals surface area (Å²) in [6.45, 7) is 3.39. The van der Waals surface area contributed by atoms with Gasteiger partial charge in [-0.2, -0.15) is 0 Å². The molecular formula is C12H14N2O5. The summed E-state index contributed by atoms with van der Waals surface area (Å²) in [5, 5.41) is 22.9. The lowest BCUT2D eigenvalue weighted by Gasteiger charge is -2.24. The van der Waals surface area contributed by atoms with Crippen molar-refractivity contribution in [3.63, 3.8) is 0 Å². The van der Waals surface area contributed by atoms with Crippen LogP contribution in [0.4, 0.5) is 5.69 Å². The molecular weight excluding hydrogens is 252 g/mol. The summed E-state index contributed by atoms with van der Waals surface area (Å²) in [6, 6.07) is 3.80. The average molecular weight is 266 g/mol. The minimum atomic E-state index is -1.33. The van der Waals surface area contributed by atoms with Gasteiger partial charge >= 0.3 is 5.97 Å². The molecule has 0 radical (unpaired) electrons. The number of nitro groups is 1. The van der Waals surface area contributed by atoms with Crippen molar-refractivity contribution in [3.05, 3.63) is 33.9 Å². The first-order valence-corrected chi connectivity index (χ1v) is 5.83. The molecule has 102 valence electrons. The van der Waals surface area contributed by atoms with Gasteiger partial charge in [-0.05, 0) is 25.6 Å². The Bertz CT molecular complexity index is 523. The number of rotatable bonds is 4. The second-order valence-corrected chi connectivity index (χ2v) is 4.72. The molecule has 0 spiro atoms. The topological polar surface area (TPSA) is 102 Å². The number of benzene rings is 1. The number of nitro benzene ring substituents is 1. The number of hydrogen-bond acceptors (Lipinski definition) is 5. The fourth-order valence-corrected chi connectivity index (χ4v) is 2.07. The zero-order chi connectivity index (χ0) is 14.0. The summed E-state index contributed by atoms with van der Waals surface area (Å²) in [7, 11) is 0. The summed E-state index contributed by atoms with van der Waals surface area (Å²) in [6.07, 6.45) is 0.793. The maximum atomic E-state index is 10.9. The number of nitrogens with zero attached hydrogens (tertiary/aromatic N) is 1. The molecule has 1 aliphatic heterocycles. The van der Waals surface area contributed by atoms with Crippen LogP contribution in [-0.2, 0) is 0 Å². The van der Waals surface area contributed by atoms with Crippen LogP contribution < -0.4 is 10.1 Å². The predicted molar refractivity (Wildman–Crippen MR) is 66.6 cm³/mol. The van der Waals surface area contributed by atoms with Gasteiger partial charge in [-0.25, -0.2) is 4.79 Å². The van der Waals surface area contributed by atoms with Gasteiger partial charge < -0.3 is 15.2 Å². The van der Waals surface area contributed by atoms with E-state index in [-0.39, 0.29) is 5.56 Å². The average Bonchev–Trinajstić information content (AvgIpc) is 2.75. The Morgan fingerprint density at radius 3 is 2.84 bits per heavy atom. The van der Waals surface area contributed by atoms with E-state index < -0.39 is 22.2 Å². The zero-order valence-electron chi connectivity index (χ0n) is 10.4. The van der Waals surface area contributed by atoms with E-state index in [1.807, 2.05) is 6.92 Å². The summed E-state index contributed by atoms with van der Waals surface area (Å²) in [4.78, 5) is 21.0. The summed E-state index contributed by atoms with van der Waals surface area (Å²) in [5.41, 5.74) is -1.22. The number of carbonyl (C=O) groups is 1. The minimum Gasteiger partial charge on any atom is -0.486 e. The zero-order valence-corrected chi connectivity index (χ0v) is 10.4. The number of hydrogen-bond donors (Lipinski definition) is 2. The molecule has 1 fully saturated rings. The molecule has 0 bridgehead atoms. The highest BCUT2D eigenvalue weighted by atomic mass is 16.6. The molecule has 1 saturated heterocycles. The minimum absolute atomic E-state index is 0.308. The molecule has 7 heteroatoms. The highest BCUT2D eigenvalue weighted by Gasteiger charge is 2.31. The Balaban J connectivity index is 2.30. The number of aromatic carboxylic acids is 1. The summed E-state index contributed by atoms with van der Waals surface area (Å²) >= 11 is 0. The number of ether oxygens (including phenoxy) is 1. The van der Waals surface area contributed by atoms with Gasteiger partial charge in [-0.15, -0.1) is 0 Å². The van der Waals surface area contributed by atoms with E-state index in [0.717, 1.165) is 19.0 Å². The van der Waals surface area contributed by atoms with Crippen molar-refractivity contribution in [1.29, 1.82) is 0 Å². The maximum Gasteiger partial charge on any atom is 0.342 e. The van der Waals surface area contributed by atoms with E-state index >= 15 is 0 Å². The van der Waals surface area contributed by atoms with Crippen LogP contribution >= 0.6 is 0 Å². The highest BCUT2D eigenvalue weighted by Crippen LogP contribution is 2.29. The molecule has 7 nitrogen and oxygen atoms in total. The van der Waals surface area contributed by atoms with Crippen LogP contribution in [0, 0.1) is 10.1 Å². The van der Waals surface area contributed by atoms with Gasteiger partial charge in [0.1, 0.15) is 16.9 Å². The first-order chi connectivity index (χ1) is 8.91. The van der Waals surface area contributed by atoms with Gasteiger partial charge in [0.15, 0.2) is 0 Å². The third-order valence-corrected chi connectivity index (χ3v) is 3.09. The Morgan fingerprint density at radius 1 is 1.58 bits per heavy atom. The maximum absolute atomic E-state index is 10.9. The van der Waals surface area contributed by atoms with Crippen molar-refractivity contribution in [3.8, 4) is 5.75 Å². The molecule has 2 N–H and O–H groups in total. The normalized spacial score (nSPS) is 22.2. The highest BCUT2D eigenvalue weighted by molar-refractivity contribution is 5.92. The van der Waals surface area contributed by atoms with Crippen LogP contribution in [0.5, 0.6) is 5.75 Å². The number of carboxylic acids is 1. The van der Waals surface area contributed by atoms with Crippen LogP contribution in [-0.4, -0.2) is 34.7 Å². The summed E-state index contributed by atoms with van der Waals surface area (Å²) < 4.78 is 5.73. The van der Waals surface area contributed by atoms with E-state index in [4.69, 9.17) is 9.84 Å². The third-order valence-electron chi connectivity index (χ3n) is 3.09. The lowest BCUT2D eigenvalue weighted by molar-refractivity contribution is -0.385. The molecule has 0 unspecified atom stereocenters. The fraction of sp³-hybridized carbons (Fsp3) is 0.417. The molecule has 0 amide bonds. The Hall–Kier alpha value is -2.15. The molecule has 1 heterocycles. The first kappa shape index (κ1) is 13.3. The van der Waals surface area contributed by atoms with Crippen LogP contribution in [0.15, 0.2) is 18.2 Å². The molecule has 2 rings (SSSR count). The van der Waals surface area contributed by atoms with E-state index in [9.17, 15) is 14.9 Å². The molecule has 1 atom stereocenters. The van der Waals surface area contributed by atoms with Crippen molar-refractivity contribution >= 4 is 11.7 Å². The summed E-state index contributed by atoms with van der Waals surface area (Å²) in [5.74, 6) is -1.02. The van der Waals surface area contributed by atoms with Crippen molar-refractivity contribution in [1.82, 2.24) is 5.32 Å². The Kier molecular flexibility index (Phi) is 3.39. The van der Waals surface area contributed by atoms with Crippen LogP contribution in [0.2, 0.25) is 0 Å². The lowest BCUT2D eigenvalue weighted by Crippen LogP contribution is -2.34. The van der Waals surface area contributed by atoms with E-state index in [0.29, 0.717) is 12.3 Å². The molecule has 19 heavy (non-hydrogen) atoms. The van der Waals surface area contributed by atoms with Crippen molar-refractivity contribution in [2.45, 2.75) is 18.9 Å². The van der Waals surface area contributed by atoms with E-state index in [1.165, 1.54) is 12.1 Å². The first-order valence-electron chi connectivity index (χ1n) is 5.83. The van der Waals surface area contributed by atoms with Crippen LogP contribution in [0.1, 0.15) is 23.7 Å². The molecule has 1 aromatic rings. The number of nitrogens with one attached hydrogen (secondary N) is 1. The van der Waals surface area contributed by atoms with Gasteiger partial charge in [-0.1, -0.05) is 0 Å². The van der Waals surface area contributed by atoms with Gasteiger partial charge in [0.25, 0.3) is 5.69 Å². The van der Waals surface area contributed by atoms with Crippen molar-refractivity contribution < 1.29 is 19.6 Å². The second kappa shape index (κ2) is 4.85.